The van der Waals surface area contributed by atoms with Crippen molar-refractivity contribution in [2.75, 3.05) is 13.6 Å². The highest BCUT2D eigenvalue weighted by Gasteiger charge is 2.22. The molecule has 0 saturated heterocycles. The van der Waals surface area contributed by atoms with E-state index >= 15 is 0 Å². The fourth-order valence-electron chi connectivity index (χ4n) is 1.61. The van der Waals surface area contributed by atoms with E-state index in [9.17, 15) is 19.2 Å². The third-order valence-corrected chi connectivity index (χ3v) is 2.65. The Morgan fingerprint density at radius 2 is 2.04 bits per heavy atom. The minimum atomic E-state index is -0.889. The number of hydrogen-bond acceptors (Lipinski definition) is 6. The first kappa shape index (κ1) is 18.4. The summed E-state index contributed by atoms with van der Waals surface area (Å²) in [6.07, 6.45) is -0.334. The molecule has 0 aromatic carbocycles. The van der Waals surface area contributed by atoms with Gasteiger partial charge in [0.25, 0.3) is 0 Å². The minimum Gasteiger partial charge on any atom is -0.444 e. The molecule has 0 aliphatic heterocycles. The molecule has 10 nitrogen and oxygen atoms in total. The molecule has 0 bridgehead atoms. The number of carbonyl (C=O) groups excluding carboxylic acids is 2. The Balaban J connectivity index is 2.66. The topological polar surface area (TPSA) is 126 Å². The first-order valence-corrected chi connectivity index (χ1v) is 6.90. The lowest BCUT2D eigenvalue weighted by Gasteiger charge is -2.25. The lowest BCUT2D eigenvalue weighted by molar-refractivity contribution is -0.123. The summed E-state index contributed by atoms with van der Waals surface area (Å²) in [5.74, 6) is -0.516. The molecule has 10 heteroatoms. The van der Waals surface area contributed by atoms with E-state index in [0.29, 0.717) is 0 Å². The largest absolute Gasteiger partial charge is 0.444 e. The Kier molecular flexibility index (Phi) is 5.66. The molecule has 0 radical (unpaired) electrons. The van der Waals surface area contributed by atoms with Crippen LogP contribution in [0.5, 0.6) is 0 Å². The fourth-order valence-corrected chi connectivity index (χ4v) is 1.61. The summed E-state index contributed by atoms with van der Waals surface area (Å²) in [4.78, 5) is 47.6. The zero-order valence-electron chi connectivity index (χ0n) is 13.7. The molecule has 1 heterocycles. The van der Waals surface area contributed by atoms with Crippen LogP contribution in [0.25, 0.3) is 0 Å². The van der Waals surface area contributed by atoms with Crippen molar-refractivity contribution >= 4 is 12.0 Å². The van der Waals surface area contributed by atoms with Gasteiger partial charge in [-0.2, -0.15) is 5.10 Å². The first-order valence-electron chi connectivity index (χ1n) is 6.90. The number of likely N-dealkylation sites (N-methyl/N-ethyl adjacent to an activating group) is 1. The molecule has 1 unspecified atom stereocenters. The predicted octanol–water partition coefficient (Wildman–Crippen LogP) is -0.567. The summed E-state index contributed by atoms with van der Waals surface area (Å²) in [6.45, 7) is 6.40. The van der Waals surface area contributed by atoms with E-state index in [1.54, 1.807) is 20.8 Å². The highest BCUT2D eigenvalue weighted by Crippen LogP contribution is 2.08. The molecule has 2 N–H and O–H groups in total. The molecule has 1 atom stereocenters. The van der Waals surface area contributed by atoms with E-state index in [2.05, 4.69) is 10.4 Å². The van der Waals surface area contributed by atoms with E-state index in [0.717, 1.165) is 15.8 Å². The van der Waals surface area contributed by atoms with Crippen molar-refractivity contribution in [3.8, 4) is 0 Å². The lowest BCUT2D eigenvalue weighted by Crippen LogP contribution is -2.46. The van der Waals surface area contributed by atoms with Crippen molar-refractivity contribution in [1.82, 2.24) is 25.0 Å². The predicted molar refractivity (Wildman–Crippen MR) is 80.8 cm³/mol. The zero-order chi connectivity index (χ0) is 17.8. The van der Waals surface area contributed by atoms with Crippen LogP contribution < -0.4 is 16.4 Å². The van der Waals surface area contributed by atoms with Gasteiger partial charge < -0.3 is 15.0 Å². The molecule has 0 fully saturated rings. The molecule has 0 spiro atoms. The second-order valence-electron chi connectivity index (χ2n) is 5.98. The van der Waals surface area contributed by atoms with Crippen LogP contribution in [0.15, 0.2) is 15.9 Å². The molecular weight excluding hydrogens is 306 g/mol. The van der Waals surface area contributed by atoms with E-state index < -0.39 is 34.9 Å². The minimum absolute atomic E-state index is 0.259. The zero-order valence-corrected chi connectivity index (χ0v) is 13.7. The van der Waals surface area contributed by atoms with Crippen LogP contribution in [-0.2, 0) is 9.53 Å². The third kappa shape index (κ3) is 5.57. The number of rotatable bonds is 4. The van der Waals surface area contributed by atoms with Crippen LogP contribution in [0.4, 0.5) is 4.79 Å². The first-order chi connectivity index (χ1) is 10.5. The van der Waals surface area contributed by atoms with Gasteiger partial charge in [-0.05, 0) is 27.7 Å². The maximum atomic E-state index is 11.9. The van der Waals surface area contributed by atoms with Gasteiger partial charge in [-0.25, -0.2) is 9.89 Å². The average molecular weight is 327 g/mol. The maximum Gasteiger partial charge on any atom is 0.410 e. The quantitative estimate of drug-likeness (QED) is 0.713. The third-order valence-electron chi connectivity index (χ3n) is 2.65. The Bertz CT molecular complexity index is 687. The van der Waals surface area contributed by atoms with Crippen molar-refractivity contribution < 1.29 is 14.3 Å². The monoisotopic (exact) mass is 327 g/mol. The molecule has 1 aromatic rings. The van der Waals surface area contributed by atoms with E-state index in [1.165, 1.54) is 14.0 Å². The van der Waals surface area contributed by atoms with Gasteiger partial charge in [0.2, 0.25) is 5.91 Å². The highest BCUT2D eigenvalue weighted by atomic mass is 16.6. The summed E-state index contributed by atoms with van der Waals surface area (Å²) < 4.78 is 6.10. The molecule has 1 rings (SSSR count). The Hall–Kier alpha value is -2.65. The van der Waals surface area contributed by atoms with Crippen LogP contribution in [0.2, 0.25) is 0 Å². The number of aromatic amines is 1. The number of amides is 2. The fraction of sp³-hybridized carbons (Fsp3) is 0.615. The summed E-state index contributed by atoms with van der Waals surface area (Å²) in [5.41, 5.74) is -2.40. The highest BCUT2D eigenvalue weighted by molar-refractivity contribution is 5.82. The van der Waals surface area contributed by atoms with Gasteiger partial charge in [-0.3, -0.25) is 19.0 Å². The normalized spacial score (nSPS) is 12.4. The standard InChI is InChI=1S/C13H21N5O5/c1-8(18-7-14-16-10(20)11(18)21)15-9(19)6-17(5)12(22)23-13(2,3)4/h7-8H,6H2,1-5H3,(H,15,19)(H,16,20). The second-order valence-corrected chi connectivity index (χ2v) is 5.98. The number of ether oxygens (including phenoxy) is 1. The molecular formula is C13H21N5O5. The van der Waals surface area contributed by atoms with Crippen molar-refractivity contribution in [1.29, 1.82) is 0 Å². The summed E-state index contributed by atoms with van der Waals surface area (Å²) in [6, 6.07) is 0. The van der Waals surface area contributed by atoms with Gasteiger partial charge in [0, 0.05) is 7.05 Å². The molecule has 128 valence electrons. The molecule has 1 aromatic heterocycles. The number of nitrogens with one attached hydrogen (secondary N) is 2. The maximum absolute atomic E-state index is 11.9. The second kappa shape index (κ2) is 7.07. The summed E-state index contributed by atoms with van der Waals surface area (Å²) in [7, 11) is 1.42. The Labute approximate surface area is 132 Å². The van der Waals surface area contributed by atoms with Crippen molar-refractivity contribution in [2.45, 2.75) is 39.5 Å². The molecule has 23 heavy (non-hydrogen) atoms. The van der Waals surface area contributed by atoms with Gasteiger partial charge in [-0.15, -0.1) is 0 Å². The van der Waals surface area contributed by atoms with Crippen LogP contribution in [0, 0.1) is 0 Å². The van der Waals surface area contributed by atoms with Crippen LogP contribution >= 0.6 is 0 Å². The van der Waals surface area contributed by atoms with E-state index in [4.69, 9.17) is 4.74 Å². The van der Waals surface area contributed by atoms with Gasteiger partial charge in [0.15, 0.2) is 0 Å². The van der Waals surface area contributed by atoms with Crippen LogP contribution in [-0.4, -0.2) is 50.9 Å². The Morgan fingerprint density at radius 1 is 1.43 bits per heavy atom. The molecule has 0 saturated carbocycles. The van der Waals surface area contributed by atoms with Gasteiger partial charge in [0.05, 0.1) is 0 Å². The number of H-pyrrole nitrogens is 1. The average Bonchev–Trinajstić information content (AvgIpc) is 2.39. The van der Waals surface area contributed by atoms with Gasteiger partial charge in [-0.1, -0.05) is 0 Å². The summed E-state index contributed by atoms with van der Waals surface area (Å²) >= 11 is 0. The lowest BCUT2D eigenvalue weighted by atomic mass is 10.2. The van der Waals surface area contributed by atoms with Crippen LogP contribution in [0.1, 0.15) is 33.9 Å². The van der Waals surface area contributed by atoms with Gasteiger partial charge >= 0.3 is 17.2 Å². The van der Waals surface area contributed by atoms with Crippen molar-refractivity contribution in [3.63, 3.8) is 0 Å². The van der Waals surface area contributed by atoms with Crippen molar-refractivity contribution in [3.05, 3.63) is 27.0 Å². The SMILES string of the molecule is CC(NC(=O)CN(C)C(=O)OC(C)(C)C)n1cn[nH]c(=O)c1=O. The number of aromatic nitrogens is 3. The van der Waals surface area contributed by atoms with E-state index in [-0.39, 0.29) is 6.54 Å². The van der Waals surface area contributed by atoms with Crippen LogP contribution in [0.3, 0.4) is 0 Å². The van der Waals surface area contributed by atoms with Gasteiger partial charge in [0.1, 0.15) is 24.6 Å². The summed E-state index contributed by atoms with van der Waals surface area (Å²) in [5, 5.41) is 7.98. The Morgan fingerprint density at radius 3 is 2.61 bits per heavy atom. The van der Waals surface area contributed by atoms with E-state index in [1.807, 2.05) is 5.10 Å². The molecule has 2 amide bonds. The number of nitrogens with zero attached hydrogens (tertiary/aromatic N) is 3. The smallest absolute Gasteiger partial charge is 0.410 e. The molecule has 0 aliphatic rings. The van der Waals surface area contributed by atoms with Crippen molar-refractivity contribution in [2.24, 2.45) is 0 Å². The number of carbonyl (C=O) groups is 2. The number of hydrogen-bond donors (Lipinski definition) is 2. The molecule has 0 aliphatic carbocycles.